The lowest BCUT2D eigenvalue weighted by atomic mass is 10.2. The zero-order valence-corrected chi connectivity index (χ0v) is 20.2. The lowest BCUT2D eigenvalue weighted by Crippen LogP contribution is -2.15. The summed E-state index contributed by atoms with van der Waals surface area (Å²) in [7, 11) is 0. The van der Waals surface area contributed by atoms with Gasteiger partial charge in [0.1, 0.15) is 5.75 Å². The molecule has 0 atom stereocenters. The van der Waals surface area contributed by atoms with Crippen LogP contribution >= 0.6 is 50.9 Å². The fourth-order valence-corrected chi connectivity index (χ4v) is 4.51. The third-order valence-corrected chi connectivity index (χ3v) is 6.35. The van der Waals surface area contributed by atoms with Gasteiger partial charge >= 0.3 is 0 Å². The SMILES string of the molecule is O=C(CSc1nnc(-c2cc(Br)ccc2O)n1-c1ccccc1)Nc1ccc(Cl)cc1Cl. The van der Waals surface area contributed by atoms with Crippen LogP contribution in [-0.2, 0) is 4.79 Å². The molecule has 0 saturated carbocycles. The molecule has 32 heavy (non-hydrogen) atoms. The highest BCUT2D eigenvalue weighted by Crippen LogP contribution is 2.34. The molecule has 4 rings (SSSR count). The smallest absolute Gasteiger partial charge is 0.234 e. The standard InChI is InChI=1S/C22H15BrCl2N4O2S/c23-13-6-9-19(30)16(10-13)21-27-28-22(29(21)15-4-2-1-3-5-15)32-12-20(31)26-18-8-7-14(24)11-17(18)25/h1-11,30H,12H2,(H,26,31). The number of carbonyl (C=O) groups excluding carboxylic acids is 1. The van der Waals surface area contributed by atoms with Gasteiger partial charge in [-0.05, 0) is 48.5 Å². The number of halogens is 3. The summed E-state index contributed by atoms with van der Waals surface area (Å²) in [5.41, 5.74) is 1.79. The van der Waals surface area contributed by atoms with Crippen LogP contribution in [0.1, 0.15) is 0 Å². The van der Waals surface area contributed by atoms with Gasteiger partial charge in [0.2, 0.25) is 5.91 Å². The first kappa shape index (κ1) is 22.7. The van der Waals surface area contributed by atoms with Crippen LogP contribution in [0, 0.1) is 0 Å². The maximum atomic E-state index is 12.5. The average Bonchev–Trinajstić information content (AvgIpc) is 3.20. The van der Waals surface area contributed by atoms with E-state index in [1.165, 1.54) is 11.8 Å². The number of rotatable bonds is 6. The van der Waals surface area contributed by atoms with E-state index in [1.807, 2.05) is 30.3 Å². The van der Waals surface area contributed by atoms with E-state index in [0.717, 1.165) is 10.2 Å². The molecule has 1 amide bonds. The van der Waals surface area contributed by atoms with Crippen molar-refractivity contribution in [1.29, 1.82) is 0 Å². The molecule has 2 N–H and O–H groups in total. The van der Waals surface area contributed by atoms with Crippen molar-refractivity contribution in [3.05, 3.63) is 81.2 Å². The minimum absolute atomic E-state index is 0.0736. The quantitative estimate of drug-likeness (QED) is 0.270. The molecule has 0 aliphatic carbocycles. The third-order valence-electron chi connectivity index (χ3n) is 4.38. The van der Waals surface area contributed by atoms with Crippen molar-refractivity contribution < 1.29 is 9.90 Å². The van der Waals surface area contributed by atoms with Gasteiger partial charge in [-0.25, -0.2) is 0 Å². The van der Waals surface area contributed by atoms with Crippen LogP contribution in [0.15, 0.2) is 76.4 Å². The number of hydrogen-bond donors (Lipinski definition) is 2. The van der Waals surface area contributed by atoms with E-state index in [9.17, 15) is 9.90 Å². The zero-order chi connectivity index (χ0) is 22.7. The number of aromatic nitrogens is 3. The zero-order valence-electron chi connectivity index (χ0n) is 16.3. The molecule has 0 saturated heterocycles. The molecule has 0 bridgehead atoms. The molecule has 4 aromatic rings. The predicted molar refractivity (Wildman–Crippen MR) is 132 cm³/mol. The normalized spacial score (nSPS) is 10.8. The number of anilines is 1. The van der Waals surface area contributed by atoms with E-state index >= 15 is 0 Å². The summed E-state index contributed by atoms with van der Waals surface area (Å²) in [6, 6.07) is 19.4. The number of carbonyl (C=O) groups is 1. The number of thioether (sulfide) groups is 1. The number of phenolic OH excluding ortho intramolecular Hbond substituents is 1. The van der Waals surface area contributed by atoms with Gasteiger partial charge in [0.05, 0.1) is 22.0 Å². The largest absolute Gasteiger partial charge is 0.507 e. The summed E-state index contributed by atoms with van der Waals surface area (Å²) >= 11 is 16.7. The van der Waals surface area contributed by atoms with E-state index in [2.05, 4.69) is 31.4 Å². The summed E-state index contributed by atoms with van der Waals surface area (Å²) in [5, 5.41) is 23.1. The second-order valence-electron chi connectivity index (χ2n) is 6.60. The first-order chi connectivity index (χ1) is 15.4. The maximum absolute atomic E-state index is 12.5. The number of amides is 1. The molecule has 0 fully saturated rings. The van der Waals surface area contributed by atoms with Crippen LogP contribution in [0.25, 0.3) is 17.1 Å². The fourth-order valence-electron chi connectivity index (χ4n) is 2.94. The molecule has 162 valence electrons. The Morgan fingerprint density at radius 2 is 1.84 bits per heavy atom. The van der Waals surface area contributed by atoms with Crippen molar-refractivity contribution in [3.63, 3.8) is 0 Å². The molecule has 1 aromatic heterocycles. The summed E-state index contributed by atoms with van der Waals surface area (Å²) < 4.78 is 2.59. The van der Waals surface area contributed by atoms with E-state index < -0.39 is 0 Å². The van der Waals surface area contributed by atoms with Crippen LogP contribution in [0.2, 0.25) is 10.0 Å². The molecule has 10 heteroatoms. The van der Waals surface area contributed by atoms with Crippen LogP contribution in [0.3, 0.4) is 0 Å². The Labute approximate surface area is 206 Å². The Balaban J connectivity index is 1.62. The molecule has 0 spiro atoms. The van der Waals surface area contributed by atoms with Gasteiger partial charge in [0, 0.05) is 15.2 Å². The molecule has 3 aromatic carbocycles. The predicted octanol–water partition coefficient (Wildman–Crippen LogP) is 6.44. The molecule has 0 aliphatic rings. The molecular formula is C22H15BrCl2N4O2S. The number of nitrogens with zero attached hydrogens (tertiary/aromatic N) is 3. The van der Waals surface area contributed by atoms with Gasteiger partial charge in [-0.15, -0.1) is 10.2 Å². The fraction of sp³-hybridized carbons (Fsp3) is 0.0455. The van der Waals surface area contributed by atoms with Gasteiger partial charge in [-0.2, -0.15) is 0 Å². The van der Waals surface area contributed by atoms with Crippen LogP contribution in [0.4, 0.5) is 5.69 Å². The van der Waals surface area contributed by atoms with E-state index in [4.69, 9.17) is 23.2 Å². The number of nitrogens with one attached hydrogen (secondary N) is 1. The van der Waals surface area contributed by atoms with Gasteiger partial charge in [0.25, 0.3) is 0 Å². The summed E-state index contributed by atoms with van der Waals surface area (Å²) in [5.74, 6) is 0.353. The Kier molecular flexibility index (Phi) is 7.05. The average molecular weight is 550 g/mol. The molecule has 0 aliphatic heterocycles. The second kappa shape index (κ2) is 9.95. The third kappa shape index (κ3) is 5.10. The van der Waals surface area contributed by atoms with Crippen LogP contribution in [-0.4, -0.2) is 31.5 Å². The van der Waals surface area contributed by atoms with Crippen molar-refractivity contribution in [2.75, 3.05) is 11.1 Å². The molecular weight excluding hydrogens is 535 g/mol. The molecule has 6 nitrogen and oxygen atoms in total. The summed E-state index contributed by atoms with van der Waals surface area (Å²) in [4.78, 5) is 12.5. The number of para-hydroxylation sites is 1. The van der Waals surface area contributed by atoms with Crippen molar-refractivity contribution in [1.82, 2.24) is 14.8 Å². The number of aromatic hydroxyl groups is 1. The Bertz CT molecular complexity index is 1280. The second-order valence-corrected chi connectivity index (χ2v) is 9.30. The number of hydrogen-bond acceptors (Lipinski definition) is 5. The van der Waals surface area contributed by atoms with Crippen molar-refractivity contribution in [3.8, 4) is 22.8 Å². The van der Waals surface area contributed by atoms with Gasteiger partial charge < -0.3 is 10.4 Å². The summed E-state index contributed by atoms with van der Waals surface area (Å²) in [6.45, 7) is 0. The first-order valence-corrected chi connectivity index (χ1v) is 11.8. The topological polar surface area (TPSA) is 80.0 Å². The van der Waals surface area contributed by atoms with Crippen molar-refractivity contribution in [2.45, 2.75) is 5.16 Å². The van der Waals surface area contributed by atoms with Gasteiger partial charge in [0.15, 0.2) is 11.0 Å². The lowest BCUT2D eigenvalue weighted by Gasteiger charge is -2.12. The van der Waals surface area contributed by atoms with Crippen LogP contribution < -0.4 is 5.32 Å². The first-order valence-electron chi connectivity index (χ1n) is 9.30. The van der Waals surface area contributed by atoms with E-state index in [0.29, 0.717) is 32.3 Å². The summed E-state index contributed by atoms with van der Waals surface area (Å²) in [6.07, 6.45) is 0. The maximum Gasteiger partial charge on any atom is 0.234 e. The Hall–Kier alpha value is -2.52. The highest BCUT2D eigenvalue weighted by molar-refractivity contribution is 9.10. The number of phenols is 1. The van der Waals surface area contributed by atoms with Crippen molar-refractivity contribution >= 4 is 62.5 Å². The Morgan fingerprint density at radius 3 is 2.59 bits per heavy atom. The number of benzene rings is 3. The minimum Gasteiger partial charge on any atom is -0.507 e. The molecule has 1 heterocycles. The molecule has 0 radical (unpaired) electrons. The highest BCUT2D eigenvalue weighted by atomic mass is 79.9. The Morgan fingerprint density at radius 1 is 1.06 bits per heavy atom. The van der Waals surface area contributed by atoms with E-state index in [-0.39, 0.29) is 17.4 Å². The van der Waals surface area contributed by atoms with Gasteiger partial charge in [-0.3, -0.25) is 9.36 Å². The van der Waals surface area contributed by atoms with Crippen LogP contribution in [0.5, 0.6) is 5.75 Å². The lowest BCUT2D eigenvalue weighted by molar-refractivity contribution is -0.113. The highest BCUT2D eigenvalue weighted by Gasteiger charge is 2.20. The van der Waals surface area contributed by atoms with E-state index in [1.54, 1.807) is 41.0 Å². The molecule has 0 unspecified atom stereocenters. The monoisotopic (exact) mass is 548 g/mol. The van der Waals surface area contributed by atoms with Crippen molar-refractivity contribution in [2.24, 2.45) is 0 Å². The van der Waals surface area contributed by atoms with Gasteiger partial charge in [-0.1, -0.05) is 69.1 Å². The minimum atomic E-state index is -0.256.